The molecule has 41 heavy (non-hydrogen) atoms. The first-order valence-electron chi connectivity index (χ1n) is 16.6. The van der Waals surface area contributed by atoms with Gasteiger partial charge in [-0.25, -0.2) is 0 Å². The second-order valence-electron chi connectivity index (χ2n) is 12.0. The number of Topliss-reactive ketones (excluding diaryl/α,β-unsaturated/α-hetero) is 1. The lowest BCUT2D eigenvalue weighted by atomic mass is 9.85. The van der Waals surface area contributed by atoms with E-state index in [1.54, 1.807) is 6.92 Å². The highest BCUT2D eigenvalue weighted by atomic mass is 19.4. The van der Waals surface area contributed by atoms with Gasteiger partial charge in [0.05, 0.1) is 5.92 Å². The number of carbonyl (C=O) groups excluding carboxylic acids is 2. The van der Waals surface area contributed by atoms with Crippen LogP contribution in [0.2, 0.25) is 0 Å². The monoisotopic (exact) mass is 591 g/mol. The van der Waals surface area contributed by atoms with Crippen LogP contribution >= 0.6 is 0 Å². The smallest absolute Gasteiger partial charge is 0.391 e. The number of carbonyl (C=O) groups is 3. The second kappa shape index (κ2) is 26.1. The van der Waals surface area contributed by atoms with E-state index in [1.807, 2.05) is 0 Å². The third kappa shape index (κ3) is 25.8. The molecule has 242 valence electrons. The lowest BCUT2D eigenvalue weighted by molar-refractivity contribution is -0.181. The lowest BCUT2D eigenvalue weighted by Gasteiger charge is -2.24. The molecule has 0 spiro atoms. The Hall–Kier alpha value is -1.60. The summed E-state index contributed by atoms with van der Waals surface area (Å²) < 4.78 is 39.7. The molecule has 0 heterocycles. The number of ketones is 1. The van der Waals surface area contributed by atoms with E-state index < -0.39 is 24.0 Å². The highest BCUT2D eigenvalue weighted by Crippen LogP contribution is 2.36. The van der Waals surface area contributed by atoms with Crippen molar-refractivity contribution >= 4 is 17.7 Å². The highest BCUT2D eigenvalue weighted by molar-refractivity contribution is 5.78. The number of aliphatic carboxylic acids is 1. The molecule has 2 N–H and O–H groups in total. The van der Waals surface area contributed by atoms with Gasteiger partial charge in [0.25, 0.3) is 0 Å². The molecule has 0 saturated heterocycles. The first-order chi connectivity index (χ1) is 19.6. The molecule has 0 bridgehead atoms. The number of nitrogens with one attached hydrogen (secondary N) is 1. The van der Waals surface area contributed by atoms with E-state index in [4.69, 9.17) is 5.11 Å². The van der Waals surface area contributed by atoms with Gasteiger partial charge in [-0.05, 0) is 45.4 Å². The molecule has 0 fully saturated rings. The molecule has 0 unspecified atom stereocenters. The van der Waals surface area contributed by atoms with Crippen molar-refractivity contribution in [1.29, 1.82) is 0 Å². The van der Waals surface area contributed by atoms with Crippen molar-refractivity contribution in [3.63, 3.8) is 0 Å². The number of rotatable bonds is 29. The predicted molar refractivity (Wildman–Crippen MR) is 161 cm³/mol. The van der Waals surface area contributed by atoms with Gasteiger partial charge >= 0.3 is 12.1 Å². The van der Waals surface area contributed by atoms with Gasteiger partial charge in [0, 0.05) is 25.3 Å². The van der Waals surface area contributed by atoms with Crippen LogP contribution in [0.25, 0.3) is 0 Å². The third-order valence-corrected chi connectivity index (χ3v) is 8.09. The molecule has 0 saturated carbocycles. The number of hydrogen-bond acceptors (Lipinski definition) is 3. The maximum atomic E-state index is 13.2. The quantitative estimate of drug-likeness (QED) is 0.0848. The zero-order valence-electron chi connectivity index (χ0n) is 26.1. The highest BCUT2D eigenvalue weighted by Gasteiger charge is 2.40. The van der Waals surface area contributed by atoms with Crippen LogP contribution in [-0.4, -0.2) is 35.5 Å². The summed E-state index contributed by atoms with van der Waals surface area (Å²) in [5.41, 5.74) is 0. The summed E-state index contributed by atoms with van der Waals surface area (Å²) in [6, 6.07) is 0. The first-order valence-corrected chi connectivity index (χ1v) is 16.6. The number of hydrogen-bond donors (Lipinski definition) is 2. The van der Waals surface area contributed by atoms with Gasteiger partial charge in [0.1, 0.15) is 5.78 Å². The normalized spacial score (nSPS) is 13.2. The molecule has 5 nitrogen and oxygen atoms in total. The van der Waals surface area contributed by atoms with Crippen LogP contribution in [0.5, 0.6) is 0 Å². The van der Waals surface area contributed by atoms with Crippen LogP contribution < -0.4 is 5.32 Å². The number of halogens is 3. The molecule has 2 atom stereocenters. The SMILES string of the molecule is CCC[C@H](C[C@@H](CCCCNC(=O)CCCCCCCCCCCCCCCCCCC(=O)O)C(C)=O)C(F)(F)F. The fourth-order valence-corrected chi connectivity index (χ4v) is 5.46. The van der Waals surface area contributed by atoms with Crippen LogP contribution in [-0.2, 0) is 14.4 Å². The maximum absolute atomic E-state index is 13.2. The molecular weight excluding hydrogens is 531 g/mol. The number of carboxylic acids is 1. The molecule has 0 aliphatic heterocycles. The van der Waals surface area contributed by atoms with Crippen LogP contribution in [0.1, 0.15) is 168 Å². The fourth-order valence-electron chi connectivity index (χ4n) is 5.46. The molecule has 0 radical (unpaired) electrons. The Balaban J connectivity index is 3.57. The summed E-state index contributed by atoms with van der Waals surface area (Å²) in [5, 5.41) is 11.5. The van der Waals surface area contributed by atoms with E-state index in [9.17, 15) is 27.6 Å². The Bertz CT molecular complexity index is 669. The molecule has 8 heteroatoms. The molecule has 0 aliphatic carbocycles. The summed E-state index contributed by atoms with van der Waals surface area (Å²) >= 11 is 0. The van der Waals surface area contributed by atoms with E-state index in [0.29, 0.717) is 45.1 Å². The zero-order valence-corrected chi connectivity index (χ0v) is 26.1. The largest absolute Gasteiger partial charge is 0.481 e. The van der Waals surface area contributed by atoms with Crippen molar-refractivity contribution in [3.8, 4) is 0 Å². The van der Waals surface area contributed by atoms with Gasteiger partial charge in [-0.15, -0.1) is 0 Å². The molecule has 0 aromatic carbocycles. The zero-order chi connectivity index (χ0) is 30.8. The van der Waals surface area contributed by atoms with Crippen molar-refractivity contribution in [1.82, 2.24) is 5.32 Å². The summed E-state index contributed by atoms with van der Waals surface area (Å²) in [7, 11) is 0. The minimum atomic E-state index is -4.26. The van der Waals surface area contributed by atoms with E-state index in [-0.39, 0.29) is 24.5 Å². The van der Waals surface area contributed by atoms with Gasteiger partial charge in [-0.1, -0.05) is 110 Å². The summed E-state index contributed by atoms with van der Waals surface area (Å²) in [6.45, 7) is 3.63. The molecule has 0 aromatic heterocycles. The minimum Gasteiger partial charge on any atom is -0.481 e. The summed E-state index contributed by atoms with van der Waals surface area (Å²) in [6.07, 6.45) is 17.5. The minimum absolute atomic E-state index is 0.0337. The van der Waals surface area contributed by atoms with Crippen molar-refractivity contribution in [2.24, 2.45) is 11.8 Å². The van der Waals surface area contributed by atoms with E-state index >= 15 is 0 Å². The second-order valence-corrected chi connectivity index (χ2v) is 12.0. The molecule has 0 aliphatic rings. The Labute approximate surface area is 248 Å². The van der Waals surface area contributed by atoms with Crippen LogP contribution in [0, 0.1) is 11.8 Å². The van der Waals surface area contributed by atoms with Crippen molar-refractivity contribution in [2.75, 3.05) is 6.54 Å². The van der Waals surface area contributed by atoms with Crippen molar-refractivity contribution in [3.05, 3.63) is 0 Å². The lowest BCUT2D eigenvalue weighted by Crippen LogP contribution is -2.28. The van der Waals surface area contributed by atoms with Gasteiger partial charge in [-0.3, -0.25) is 14.4 Å². The Kier molecular flexibility index (Phi) is 25.0. The van der Waals surface area contributed by atoms with Crippen molar-refractivity contribution in [2.45, 2.75) is 174 Å². The average molecular weight is 592 g/mol. The maximum Gasteiger partial charge on any atom is 0.391 e. The fraction of sp³-hybridized carbons (Fsp3) is 0.909. The van der Waals surface area contributed by atoms with Gasteiger partial charge < -0.3 is 10.4 Å². The van der Waals surface area contributed by atoms with E-state index in [2.05, 4.69) is 5.32 Å². The number of carboxylic acid groups (broad SMARTS) is 1. The first kappa shape index (κ1) is 39.4. The molecule has 0 rings (SSSR count). The van der Waals surface area contributed by atoms with Crippen molar-refractivity contribution < 1.29 is 32.7 Å². The third-order valence-electron chi connectivity index (χ3n) is 8.09. The van der Waals surface area contributed by atoms with Gasteiger partial charge in [0.15, 0.2) is 0 Å². The Morgan fingerprint density at radius 1 is 0.659 bits per heavy atom. The van der Waals surface area contributed by atoms with E-state index in [0.717, 1.165) is 38.5 Å². The van der Waals surface area contributed by atoms with Gasteiger partial charge in [-0.2, -0.15) is 13.2 Å². The van der Waals surface area contributed by atoms with Crippen LogP contribution in [0.4, 0.5) is 13.2 Å². The van der Waals surface area contributed by atoms with Crippen LogP contribution in [0.15, 0.2) is 0 Å². The molecule has 1 amide bonds. The Morgan fingerprint density at radius 3 is 1.49 bits per heavy atom. The number of amides is 1. The predicted octanol–water partition coefficient (Wildman–Crippen LogP) is 9.95. The average Bonchev–Trinajstić information content (AvgIpc) is 2.90. The van der Waals surface area contributed by atoms with Crippen LogP contribution in [0.3, 0.4) is 0 Å². The standard InChI is InChI=1S/C33H60F3NO4/c1-3-22-30(33(34,35)36)27-29(28(2)38)23-20-21-26-37-31(39)24-18-16-14-12-10-8-6-4-5-7-9-11-13-15-17-19-25-32(40)41/h29-30H,3-27H2,1-2H3,(H,37,39)(H,40,41)/t29-,30-/m1/s1. The summed E-state index contributed by atoms with van der Waals surface area (Å²) in [4.78, 5) is 34.4. The molecular formula is C33H60F3NO4. The topological polar surface area (TPSA) is 83.5 Å². The number of unbranched alkanes of at least 4 members (excludes halogenated alkanes) is 16. The number of alkyl halides is 3. The van der Waals surface area contributed by atoms with E-state index in [1.165, 1.54) is 71.1 Å². The summed E-state index contributed by atoms with van der Waals surface area (Å²) in [5.74, 6) is -2.81. The Morgan fingerprint density at radius 2 is 1.10 bits per heavy atom. The van der Waals surface area contributed by atoms with Gasteiger partial charge in [0.2, 0.25) is 5.91 Å². The molecule has 0 aromatic rings.